The largest absolute Gasteiger partial charge is 0.490 e. The lowest BCUT2D eigenvalue weighted by molar-refractivity contribution is -0.124. The molecule has 6 nitrogen and oxygen atoms in total. The zero-order valence-corrected chi connectivity index (χ0v) is 13.6. The van der Waals surface area contributed by atoms with Crippen LogP contribution in [0.2, 0.25) is 0 Å². The highest BCUT2D eigenvalue weighted by Crippen LogP contribution is 2.34. The monoisotopic (exact) mass is 325 g/mol. The van der Waals surface area contributed by atoms with Crippen LogP contribution in [0.25, 0.3) is 0 Å². The van der Waals surface area contributed by atoms with Crippen LogP contribution < -0.4 is 20.7 Å². The Morgan fingerprint density at radius 3 is 2.54 bits per heavy atom. The Balaban J connectivity index is 1.72. The zero-order valence-electron chi connectivity index (χ0n) is 13.6. The third-order valence-corrected chi connectivity index (χ3v) is 3.72. The van der Waals surface area contributed by atoms with Crippen LogP contribution in [0.5, 0.6) is 5.75 Å². The molecule has 1 aliphatic rings. The second kappa shape index (κ2) is 6.23. The van der Waals surface area contributed by atoms with Crippen LogP contribution in [0.15, 0.2) is 48.5 Å². The Morgan fingerprint density at radius 1 is 1.08 bits per heavy atom. The van der Waals surface area contributed by atoms with Gasteiger partial charge < -0.3 is 20.7 Å². The average Bonchev–Trinajstić information content (AvgIpc) is 2.65. The van der Waals surface area contributed by atoms with Crippen molar-refractivity contribution < 1.29 is 14.3 Å². The molecular weight excluding hydrogens is 306 g/mol. The van der Waals surface area contributed by atoms with E-state index >= 15 is 0 Å². The lowest BCUT2D eigenvalue weighted by Crippen LogP contribution is -2.33. The Morgan fingerprint density at radius 2 is 1.79 bits per heavy atom. The van der Waals surface area contributed by atoms with E-state index in [9.17, 15) is 9.59 Å². The number of anilines is 3. The maximum absolute atomic E-state index is 12.1. The van der Waals surface area contributed by atoms with Crippen molar-refractivity contribution in [3.05, 3.63) is 48.5 Å². The lowest BCUT2D eigenvalue weighted by atomic mass is 9.94. The van der Waals surface area contributed by atoms with Gasteiger partial charge in [0.25, 0.3) is 0 Å². The van der Waals surface area contributed by atoms with E-state index < -0.39 is 5.41 Å². The van der Waals surface area contributed by atoms with Crippen molar-refractivity contribution in [2.24, 2.45) is 5.41 Å². The standard InChI is InChI=1S/C18H19N3O3/c1-18(2)11-24-15-10-13(8-9-14(15)21-16(18)22)20-17(23)19-12-6-4-3-5-7-12/h3-10H,11H2,1-2H3,(H,21,22)(H2,19,20,23). The third kappa shape index (κ3) is 3.48. The van der Waals surface area contributed by atoms with Crippen molar-refractivity contribution in [1.82, 2.24) is 0 Å². The van der Waals surface area contributed by atoms with Gasteiger partial charge in [-0.2, -0.15) is 0 Å². The molecule has 0 aliphatic carbocycles. The molecule has 0 saturated carbocycles. The van der Waals surface area contributed by atoms with Crippen molar-refractivity contribution in [2.75, 3.05) is 22.6 Å². The van der Waals surface area contributed by atoms with Crippen molar-refractivity contribution in [3.8, 4) is 5.75 Å². The molecule has 0 fully saturated rings. The molecule has 1 aliphatic heterocycles. The molecule has 6 heteroatoms. The van der Waals surface area contributed by atoms with Crippen molar-refractivity contribution >= 4 is 29.0 Å². The number of nitrogens with one attached hydrogen (secondary N) is 3. The minimum Gasteiger partial charge on any atom is -0.490 e. The van der Waals surface area contributed by atoms with E-state index in [2.05, 4.69) is 16.0 Å². The number of benzene rings is 2. The molecule has 0 spiro atoms. The summed E-state index contributed by atoms with van der Waals surface area (Å²) in [7, 11) is 0. The number of hydrogen-bond donors (Lipinski definition) is 3. The summed E-state index contributed by atoms with van der Waals surface area (Å²) < 4.78 is 5.72. The predicted octanol–water partition coefficient (Wildman–Crippen LogP) is 3.69. The van der Waals surface area contributed by atoms with Gasteiger partial charge in [0.2, 0.25) is 5.91 Å². The molecule has 3 rings (SSSR count). The molecule has 0 radical (unpaired) electrons. The van der Waals surface area contributed by atoms with Gasteiger partial charge in [-0.05, 0) is 38.1 Å². The third-order valence-electron chi connectivity index (χ3n) is 3.72. The summed E-state index contributed by atoms with van der Waals surface area (Å²) in [5.74, 6) is 0.440. The van der Waals surface area contributed by atoms with Gasteiger partial charge in [-0.25, -0.2) is 4.79 Å². The first kappa shape index (κ1) is 15.9. The summed E-state index contributed by atoms with van der Waals surface area (Å²) in [5, 5.41) is 8.33. The number of hydrogen-bond acceptors (Lipinski definition) is 3. The van der Waals surface area contributed by atoms with Crippen LogP contribution in [0.1, 0.15) is 13.8 Å². The second-order valence-electron chi connectivity index (χ2n) is 6.28. The molecule has 2 aromatic rings. The minimum absolute atomic E-state index is 0.0937. The van der Waals surface area contributed by atoms with E-state index in [1.165, 1.54) is 0 Å². The van der Waals surface area contributed by atoms with E-state index in [0.29, 0.717) is 22.8 Å². The minimum atomic E-state index is -0.614. The number of amides is 3. The van der Waals surface area contributed by atoms with Gasteiger partial charge in [-0.15, -0.1) is 0 Å². The van der Waals surface area contributed by atoms with Gasteiger partial charge in [0.05, 0.1) is 11.1 Å². The summed E-state index contributed by atoms with van der Waals surface area (Å²) in [6, 6.07) is 13.9. The number of carbonyl (C=O) groups excluding carboxylic acids is 2. The first-order chi connectivity index (χ1) is 11.4. The zero-order chi connectivity index (χ0) is 17.2. The fourth-order valence-electron chi connectivity index (χ4n) is 2.25. The number of fused-ring (bicyclic) bond motifs is 1. The molecule has 0 saturated heterocycles. The van der Waals surface area contributed by atoms with Crippen LogP contribution in [0.3, 0.4) is 0 Å². The van der Waals surface area contributed by atoms with E-state index in [0.717, 1.165) is 0 Å². The van der Waals surface area contributed by atoms with Crippen LogP contribution in [-0.2, 0) is 4.79 Å². The van der Waals surface area contributed by atoms with Crippen LogP contribution >= 0.6 is 0 Å². The topological polar surface area (TPSA) is 79.5 Å². The maximum Gasteiger partial charge on any atom is 0.323 e. The number of carbonyl (C=O) groups is 2. The summed E-state index contributed by atoms with van der Waals surface area (Å²) >= 11 is 0. The van der Waals surface area contributed by atoms with E-state index in [1.807, 2.05) is 32.0 Å². The van der Waals surface area contributed by atoms with Gasteiger partial charge in [0, 0.05) is 17.4 Å². The van der Waals surface area contributed by atoms with Gasteiger partial charge >= 0.3 is 6.03 Å². The molecule has 1 heterocycles. The first-order valence-corrected chi connectivity index (χ1v) is 7.65. The molecule has 0 atom stereocenters. The predicted molar refractivity (Wildman–Crippen MR) is 93.4 cm³/mol. The quantitative estimate of drug-likeness (QED) is 0.788. The average molecular weight is 325 g/mol. The second-order valence-corrected chi connectivity index (χ2v) is 6.28. The van der Waals surface area contributed by atoms with Crippen LogP contribution in [0, 0.1) is 5.41 Å². The van der Waals surface area contributed by atoms with Crippen molar-refractivity contribution in [3.63, 3.8) is 0 Å². The van der Waals surface area contributed by atoms with Crippen LogP contribution in [0.4, 0.5) is 21.9 Å². The highest BCUT2D eigenvalue weighted by molar-refractivity contribution is 6.01. The highest BCUT2D eigenvalue weighted by Gasteiger charge is 2.32. The smallest absolute Gasteiger partial charge is 0.323 e. The highest BCUT2D eigenvalue weighted by atomic mass is 16.5. The number of rotatable bonds is 2. The van der Waals surface area contributed by atoms with Crippen molar-refractivity contribution in [2.45, 2.75) is 13.8 Å². The van der Waals surface area contributed by atoms with Gasteiger partial charge in [0.1, 0.15) is 12.4 Å². The number of para-hydroxylation sites is 1. The molecule has 0 unspecified atom stereocenters. The van der Waals surface area contributed by atoms with Crippen LogP contribution in [-0.4, -0.2) is 18.5 Å². The van der Waals surface area contributed by atoms with Gasteiger partial charge in [-0.1, -0.05) is 18.2 Å². The van der Waals surface area contributed by atoms with E-state index in [1.54, 1.807) is 30.3 Å². The summed E-state index contributed by atoms with van der Waals surface area (Å²) in [6.45, 7) is 3.91. The first-order valence-electron chi connectivity index (χ1n) is 7.65. The lowest BCUT2D eigenvalue weighted by Gasteiger charge is -2.18. The fraction of sp³-hybridized carbons (Fsp3) is 0.222. The molecular formula is C18H19N3O3. The summed E-state index contributed by atoms with van der Waals surface area (Å²) in [6.07, 6.45) is 0. The normalized spacial score (nSPS) is 15.3. The Labute approximate surface area is 140 Å². The molecule has 2 aromatic carbocycles. The maximum atomic E-state index is 12.1. The van der Waals surface area contributed by atoms with E-state index in [4.69, 9.17) is 4.74 Å². The summed E-state index contributed by atoms with van der Waals surface area (Å²) in [5.41, 5.74) is 1.27. The Kier molecular flexibility index (Phi) is 4.12. The van der Waals surface area contributed by atoms with E-state index in [-0.39, 0.29) is 18.5 Å². The molecule has 3 amide bonds. The van der Waals surface area contributed by atoms with Crippen molar-refractivity contribution in [1.29, 1.82) is 0 Å². The number of ether oxygens (including phenoxy) is 1. The van der Waals surface area contributed by atoms with Gasteiger partial charge in [0.15, 0.2) is 0 Å². The summed E-state index contributed by atoms with van der Waals surface area (Å²) in [4.78, 5) is 24.1. The Bertz CT molecular complexity index is 772. The molecule has 24 heavy (non-hydrogen) atoms. The molecule has 0 aromatic heterocycles. The molecule has 0 bridgehead atoms. The number of urea groups is 1. The SMILES string of the molecule is CC1(C)COc2cc(NC(=O)Nc3ccccc3)ccc2NC1=O. The molecule has 124 valence electrons. The Hall–Kier alpha value is -3.02. The molecule has 3 N–H and O–H groups in total. The van der Waals surface area contributed by atoms with Gasteiger partial charge in [-0.3, -0.25) is 4.79 Å². The fourth-order valence-corrected chi connectivity index (χ4v) is 2.25.